The van der Waals surface area contributed by atoms with Crippen LogP contribution < -0.4 is 5.32 Å². The molecule has 0 radical (unpaired) electrons. The molecule has 0 spiro atoms. The molecular weight excluding hydrogens is 416 g/mol. The maximum absolute atomic E-state index is 13.5. The van der Waals surface area contributed by atoms with E-state index in [1.807, 2.05) is 35.2 Å². The molecule has 0 unspecified atom stereocenters. The number of thiophene rings is 1. The summed E-state index contributed by atoms with van der Waals surface area (Å²) in [5, 5.41) is 5.65. The number of carbonyl (C=O) groups is 2. The number of rotatable bonds is 5. The zero-order chi connectivity index (χ0) is 21.1. The molecule has 2 aromatic carbocycles. The van der Waals surface area contributed by atoms with E-state index in [0.29, 0.717) is 11.6 Å². The topological polar surface area (TPSA) is 49.4 Å². The van der Waals surface area contributed by atoms with Crippen molar-refractivity contribution < 1.29 is 9.59 Å². The minimum Gasteiger partial charge on any atom is -0.349 e. The first-order valence-electron chi connectivity index (χ1n) is 9.96. The molecule has 1 aliphatic heterocycles. The summed E-state index contributed by atoms with van der Waals surface area (Å²) in [6.45, 7) is 2.14. The molecule has 0 bridgehead atoms. The van der Waals surface area contributed by atoms with Gasteiger partial charge in [-0.3, -0.25) is 9.59 Å². The van der Waals surface area contributed by atoms with Crippen molar-refractivity contribution in [2.45, 2.75) is 31.8 Å². The number of halogens is 1. The minimum absolute atomic E-state index is 0.0226. The van der Waals surface area contributed by atoms with E-state index in [-0.39, 0.29) is 24.3 Å². The maximum atomic E-state index is 13.5. The number of nitrogens with zero attached hydrogens (tertiary/aromatic N) is 1. The molecule has 2 amide bonds. The number of hydrogen-bond acceptors (Lipinski definition) is 3. The lowest BCUT2D eigenvalue weighted by molar-refractivity contribution is -0.134. The van der Waals surface area contributed by atoms with Gasteiger partial charge in [0.05, 0.1) is 18.5 Å². The molecule has 2 atom stereocenters. The molecule has 0 aliphatic carbocycles. The van der Waals surface area contributed by atoms with E-state index in [2.05, 4.69) is 28.9 Å². The molecule has 0 fully saturated rings. The van der Waals surface area contributed by atoms with Crippen molar-refractivity contribution in [3.05, 3.63) is 92.6 Å². The summed E-state index contributed by atoms with van der Waals surface area (Å²) >= 11 is 7.76. The van der Waals surface area contributed by atoms with E-state index in [4.69, 9.17) is 11.6 Å². The van der Waals surface area contributed by atoms with Gasteiger partial charge in [-0.2, -0.15) is 0 Å². The Morgan fingerprint density at radius 2 is 1.87 bits per heavy atom. The number of benzene rings is 2. The first kappa shape index (κ1) is 20.6. The van der Waals surface area contributed by atoms with Crippen molar-refractivity contribution in [3.8, 4) is 0 Å². The van der Waals surface area contributed by atoms with Gasteiger partial charge in [0.1, 0.15) is 0 Å². The third-order valence-corrected chi connectivity index (χ3v) is 6.68. The zero-order valence-electron chi connectivity index (χ0n) is 16.7. The van der Waals surface area contributed by atoms with Crippen LogP contribution in [0.1, 0.15) is 47.0 Å². The molecular formula is C24H23ClN2O2S. The molecule has 0 saturated heterocycles. The molecule has 4 rings (SSSR count). The fraction of sp³-hybridized carbons (Fsp3) is 0.250. The van der Waals surface area contributed by atoms with Gasteiger partial charge < -0.3 is 10.2 Å². The number of carbonyl (C=O) groups excluding carboxylic acids is 2. The number of nitrogens with one attached hydrogen (secondary N) is 1. The molecule has 154 valence electrons. The van der Waals surface area contributed by atoms with Crippen LogP contribution in [0.25, 0.3) is 0 Å². The second kappa shape index (κ2) is 9.02. The van der Waals surface area contributed by atoms with Gasteiger partial charge in [0, 0.05) is 23.4 Å². The number of hydrogen-bond donors (Lipinski definition) is 1. The van der Waals surface area contributed by atoms with Gasteiger partial charge in [0.25, 0.3) is 0 Å². The summed E-state index contributed by atoms with van der Waals surface area (Å²) in [4.78, 5) is 28.6. The average Bonchev–Trinajstić information content (AvgIpc) is 3.22. The summed E-state index contributed by atoms with van der Waals surface area (Å²) in [5.74, 6) is -0.143. The van der Waals surface area contributed by atoms with Crippen LogP contribution in [-0.2, 0) is 16.0 Å². The molecule has 0 saturated carbocycles. The van der Waals surface area contributed by atoms with Crippen molar-refractivity contribution in [1.29, 1.82) is 0 Å². The normalized spacial score (nSPS) is 16.6. The molecule has 3 aromatic rings. The Morgan fingerprint density at radius 3 is 2.57 bits per heavy atom. The highest BCUT2D eigenvalue weighted by atomic mass is 35.5. The van der Waals surface area contributed by atoms with E-state index in [1.54, 1.807) is 23.5 Å². The second-order valence-corrected chi connectivity index (χ2v) is 8.90. The van der Waals surface area contributed by atoms with Crippen LogP contribution in [0, 0.1) is 0 Å². The highest BCUT2D eigenvalue weighted by Crippen LogP contribution is 2.38. The Hall–Kier alpha value is -2.63. The third-order valence-electron chi connectivity index (χ3n) is 5.43. The van der Waals surface area contributed by atoms with Crippen molar-refractivity contribution in [2.75, 3.05) is 6.54 Å². The van der Waals surface area contributed by atoms with Gasteiger partial charge in [0.15, 0.2) is 0 Å². The monoisotopic (exact) mass is 438 g/mol. The highest BCUT2D eigenvalue weighted by Gasteiger charge is 2.33. The van der Waals surface area contributed by atoms with Crippen molar-refractivity contribution in [3.63, 3.8) is 0 Å². The van der Waals surface area contributed by atoms with Crippen LogP contribution in [0.4, 0.5) is 0 Å². The third kappa shape index (κ3) is 4.42. The fourth-order valence-electron chi connectivity index (χ4n) is 4.06. The summed E-state index contributed by atoms with van der Waals surface area (Å²) in [5.41, 5.74) is 3.17. The maximum Gasteiger partial charge on any atom is 0.225 e. The summed E-state index contributed by atoms with van der Waals surface area (Å²) in [7, 11) is 0. The van der Waals surface area contributed by atoms with Crippen LogP contribution in [-0.4, -0.2) is 23.3 Å². The molecule has 1 aromatic heterocycles. The van der Waals surface area contributed by atoms with Crippen LogP contribution >= 0.6 is 22.9 Å². The standard InChI is InChI=1S/C24H23ClN2O2S/c1-16(28)26-21(17-7-9-19(25)10-8-17)15-23(29)27-13-11-22-20(12-14-30-22)24(27)18-5-3-2-4-6-18/h2-10,12,14,21,24H,11,13,15H2,1H3,(H,26,28)/t21-,24+/m1/s1. The first-order valence-corrected chi connectivity index (χ1v) is 11.2. The van der Waals surface area contributed by atoms with Crippen LogP contribution in [0.15, 0.2) is 66.0 Å². The quantitative estimate of drug-likeness (QED) is 0.599. The molecule has 1 aliphatic rings. The van der Waals surface area contributed by atoms with E-state index in [0.717, 1.165) is 17.5 Å². The van der Waals surface area contributed by atoms with Crippen LogP contribution in [0.2, 0.25) is 5.02 Å². The Bertz CT molecular complexity index is 1030. The van der Waals surface area contributed by atoms with Gasteiger partial charge in [-0.25, -0.2) is 0 Å². The van der Waals surface area contributed by atoms with Gasteiger partial charge in [0.2, 0.25) is 11.8 Å². The predicted octanol–water partition coefficient (Wildman–Crippen LogP) is 5.14. The molecule has 1 N–H and O–H groups in total. The molecule has 6 heteroatoms. The van der Waals surface area contributed by atoms with Crippen LogP contribution in [0.5, 0.6) is 0 Å². The van der Waals surface area contributed by atoms with E-state index < -0.39 is 6.04 Å². The molecule has 30 heavy (non-hydrogen) atoms. The predicted molar refractivity (Wildman–Crippen MR) is 121 cm³/mol. The Kier molecular flexibility index (Phi) is 6.21. The Morgan fingerprint density at radius 1 is 1.13 bits per heavy atom. The zero-order valence-corrected chi connectivity index (χ0v) is 18.2. The van der Waals surface area contributed by atoms with E-state index >= 15 is 0 Å². The highest BCUT2D eigenvalue weighted by molar-refractivity contribution is 7.10. The smallest absolute Gasteiger partial charge is 0.225 e. The van der Waals surface area contributed by atoms with Gasteiger partial charge in [-0.05, 0) is 46.7 Å². The lowest BCUT2D eigenvalue weighted by atomic mass is 9.92. The lowest BCUT2D eigenvalue weighted by Gasteiger charge is -2.37. The Balaban J connectivity index is 1.63. The van der Waals surface area contributed by atoms with E-state index in [1.165, 1.54) is 17.4 Å². The summed E-state index contributed by atoms with van der Waals surface area (Å²) in [6, 6.07) is 19.1. The summed E-state index contributed by atoms with van der Waals surface area (Å²) in [6.07, 6.45) is 1.05. The fourth-order valence-corrected chi connectivity index (χ4v) is 5.09. The minimum atomic E-state index is -0.396. The van der Waals surface area contributed by atoms with Crippen molar-refractivity contribution in [1.82, 2.24) is 10.2 Å². The van der Waals surface area contributed by atoms with E-state index in [9.17, 15) is 9.59 Å². The van der Waals surface area contributed by atoms with Crippen LogP contribution in [0.3, 0.4) is 0 Å². The van der Waals surface area contributed by atoms with Gasteiger partial charge in [-0.1, -0.05) is 54.1 Å². The largest absolute Gasteiger partial charge is 0.349 e. The number of amides is 2. The van der Waals surface area contributed by atoms with Crippen molar-refractivity contribution >= 4 is 34.8 Å². The molecule has 2 heterocycles. The van der Waals surface area contributed by atoms with Gasteiger partial charge in [-0.15, -0.1) is 11.3 Å². The lowest BCUT2D eigenvalue weighted by Crippen LogP contribution is -2.42. The SMILES string of the molecule is CC(=O)N[C@H](CC(=O)N1CCc2sccc2[C@@H]1c1ccccc1)c1ccc(Cl)cc1. The number of fused-ring (bicyclic) bond motifs is 1. The van der Waals surface area contributed by atoms with Crippen molar-refractivity contribution in [2.24, 2.45) is 0 Å². The second-order valence-electron chi connectivity index (χ2n) is 7.46. The van der Waals surface area contributed by atoms with Gasteiger partial charge >= 0.3 is 0 Å². The average molecular weight is 439 g/mol. The summed E-state index contributed by atoms with van der Waals surface area (Å²) < 4.78 is 0. The first-order chi connectivity index (χ1) is 14.5. The Labute approximate surface area is 185 Å². The molecule has 4 nitrogen and oxygen atoms in total.